The first-order valence-electron chi connectivity index (χ1n) is 4.51. The minimum absolute atomic E-state index is 0.524. The van der Waals surface area contributed by atoms with Crippen LogP contribution in [0.25, 0.3) is 0 Å². The minimum Gasteiger partial charge on any atom is -0.313 e. The van der Waals surface area contributed by atoms with Gasteiger partial charge in [0.1, 0.15) is 0 Å². The van der Waals surface area contributed by atoms with Crippen molar-refractivity contribution in [1.29, 1.82) is 0 Å². The molecule has 1 atom stereocenters. The molecule has 0 amide bonds. The van der Waals surface area contributed by atoms with Crippen molar-refractivity contribution in [2.24, 2.45) is 5.92 Å². The Kier molecular flexibility index (Phi) is 3.45. The molecule has 0 aromatic carbocycles. The molecule has 0 bridgehead atoms. The summed E-state index contributed by atoms with van der Waals surface area (Å²) in [5.74, 6) is 6.92. The van der Waals surface area contributed by atoms with Crippen LogP contribution in [-0.2, 0) is 0 Å². The highest BCUT2D eigenvalue weighted by atomic mass is 14.9. The topological polar surface area (TPSA) is 12.0 Å². The van der Waals surface area contributed by atoms with Crippen LogP contribution < -0.4 is 5.32 Å². The standard InChI is InChI=1S/C10H17N/c1-9(2)5-3-6-10-7-4-8-11-10/h9-11H,4,6-8H2,1-2H3. The third-order valence-corrected chi connectivity index (χ3v) is 1.90. The molecule has 1 aliphatic rings. The van der Waals surface area contributed by atoms with Crippen LogP contribution in [0.5, 0.6) is 0 Å². The number of rotatable bonds is 1. The van der Waals surface area contributed by atoms with Gasteiger partial charge in [-0.25, -0.2) is 0 Å². The van der Waals surface area contributed by atoms with Crippen molar-refractivity contribution in [3.8, 4) is 11.8 Å². The molecule has 1 fully saturated rings. The Labute approximate surface area is 69.6 Å². The molecular formula is C10H17N. The van der Waals surface area contributed by atoms with E-state index in [1.54, 1.807) is 0 Å². The first-order valence-corrected chi connectivity index (χ1v) is 4.51. The summed E-state index contributed by atoms with van der Waals surface area (Å²) in [6.45, 7) is 5.46. The van der Waals surface area contributed by atoms with E-state index < -0.39 is 0 Å². The van der Waals surface area contributed by atoms with Crippen molar-refractivity contribution in [3.05, 3.63) is 0 Å². The van der Waals surface area contributed by atoms with Gasteiger partial charge >= 0.3 is 0 Å². The van der Waals surface area contributed by atoms with E-state index in [0.29, 0.717) is 12.0 Å². The Hall–Kier alpha value is -0.480. The van der Waals surface area contributed by atoms with Crippen LogP contribution in [0.2, 0.25) is 0 Å². The zero-order valence-corrected chi connectivity index (χ0v) is 7.48. The molecule has 62 valence electrons. The quantitative estimate of drug-likeness (QED) is 0.563. The van der Waals surface area contributed by atoms with Gasteiger partial charge in [0.15, 0.2) is 0 Å². The average Bonchev–Trinajstić information content (AvgIpc) is 2.39. The highest BCUT2D eigenvalue weighted by Gasteiger charge is 2.11. The molecule has 0 spiro atoms. The fourth-order valence-electron chi connectivity index (χ4n) is 1.32. The van der Waals surface area contributed by atoms with Gasteiger partial charge in [-0.3, -0.25) is 0 Å². The van der Waals surface area contributed by atoms with Crippen molar-refractivity contribution in [3.63, 3.8) is 0 Å². The van der Waals surface area contributed by atoms with E-state index in [4.69, 9.17) is 0 Å². The average molecular weight is 151 g/mol. The summed E-state index contributed by atoms with van der Waals surface area (Å²) >= 11 is 0. The zero-order chi connectivity index (χ0) is 8.10. The van der Waals surface area contributed by atoms with Gasteiger partial charge in [0.25, 0.3) is 0 Å². The summed E-state index contributed by atoms with van der Waals surface area (Å²) in [6.07, 6.45) is 3.68. The Morgan fingerprint density at radius 1 is 1.55 bits per heavy atom. The molecule has 1 nitrogen and oxygen atoms in total. The van der Waals surface area contributed by atoms with Crippen LogP contribution in [0.15, 0.2) is 0 Å². The van der Waals surface area contributed by atoms with Crippen LogP contribution in [0, 0.1) is 17.8 Å². The third-order valence-electron chi connectivity index (χ3n) is 1.90. The van der Waals surface area contributed by atoms with Crippen molar-refractivity contribution < 1.29 is 0 Å². The maximum atomic E-state index is 3.43. The van der Waals surface area contributed by atoms with Gasteiger partial charge in [-0.05, 0) is 19.4 Å². The van der Waals surface area contributed by atoms with Crippen molar-refractivity contribution in [2.45, 2.75) is 39.2 Å². The van der Waals surface area contributed by atoms with Crippen LogP contribution in [0.3, 0.4) is 0 Å². The normalized spacial score (nSPS) is 23.4. The van der Waals surface area contributed by atoms with Crippen molar-refractivity contribution >= 4 is 0 Å². The first kappa shape index (κ1) is 8.62. The smallest absolute Gasteiger partial charge is 0.0243 e. The highest BCUT2D eigenvalue weighted by Crippen LogP contribution is 2.07. The molecule has 1 N–H and O–H groups in total. The Balaban J connectivity index is 2.16. The van der Waals surface area contributed by atoms with Gasteiger partial charge in [-0.15, -0.1) is 11.8 Å². The summed E-state index contributed by atoms with van der Waals surface area (Å²) in [5, 5.41) is 3.43. The van der Waals surface area contributed by atoms with Crippen LogP contribution >= 0.6 is 0 Å². The largest absolute Gasteiger partial charge is 0.313 e. The molecule has 0 aliphatic carbocycles. The summed E-state index contributed by atoms with van der Waals surface area (Å²) in [5.41, 5.74) is 0. The van der Waals surface area contributed by atoms with E-state index >= 15 is 0 Å². The second kappa shape index (κ2) is 4.41. The molecule has 0 radical (unpaired) electrons. The van der Waals surface area contributed by atoms with Gasteiger partial charge in [0, 0.05) is 18.4 Å². The van der Waals surface area contributed by atoms with Crippen molar-refractivity contribution in [2.75, 3.05) is 6.54 Å². The van der Waals surface area contributed by atoms with Crippen molar-refractivity contribution in [1.82, 2.24) is 5.32 Å². The van der Waals surface area contributed by atoms with E-state index in [-0.39, 0.29) is 0 Å². The van der Waals surface area contributed by atoms with Gasteiger partial charge < -0.3 is 5.32 Å². The Morgan fingerprint density at radius 3 is 2.91 bits per heavy atom. The van der Waals surface area contributed by atoms with E-state index in [1.807, 2.05) is 0 Å². The molecule has 0 aromatic rings. The summed E-state index contributed by atoms with van der Waals surface area (Å²) in [4.78, 5) is 0. The van der Waals surface area contributed by atoms with Gasteiger partial charge in [-0.2, -0.15) is 0 Å². The lowest BCUT2D eigenvalue weighted by atomic mass is 10.1. The molecule has 1 heteroatoms. The number of nitrogens with one attached hydrogen (secondary N) is 1. The van der Waals surface area contributed by atoms with Crippen LogP contribution in [-0.4, -0.2) is 12.6 Å². The van der Waals surface area contributed by atoms with Gasteiger partial charge in [0.2, 0.25) is 0 Å². The predicted octanol–water partition coefficient (Wildman–Crippen LogP) is 1.79. The van der Waals surface area contributed by atoms with Crippen LogP contribution in [0.1, 0.15) is 33.1 Å². The Morgan fingerprint density at radius 2 is 2.36 bits per heavy atom. The third kappa shape index (κ3) is 3.43. The van der Waals surface area contributed by atoms with E-state index in [1.165, 1.54) is 19.4 Å². The number of hydrogen-bond donors (Lipinski definition) is 1. The predicted molar refractivity (Wildman–Crippen MR) is 48.3 cm³/mol. The van der Waals surface area contributed by atoms with Crippen LogP contribution in [0.4, 0.5) is 0 Å². The molecule has 1 aliphatic heterocycles. The summed E-state index contributed by atoms with van der Waals surface area (Å²) in [7, 11) is 0. The molecule has 1 saturated heterocycles. The Bertz CT molecular complexity index is 155. The molecule has 1 rings (SSSR count). The number of hydrogen-bond acceptors (Lipinski definition) is 1. The lowest BCUT2D eigenvalue weighted by Crippen LogP contribution is -2.20. The lowest BCUT2D eigenvalue weighted by molar-refractivity contribution is 0.622. The second-order valence-corrected chi connectivity index (χ2v) is 3.47. The molecular weight excluding hydrogens is 134 g/mol. The highest BCUT2D eigenvalue weighted by molar-refractivity contribution is 5.03. The summed E-state index contributed by atoms with van der Waals surface area (Å²) in [6, 6.07) is 0.682. The zero-order valence-electron chi connectivity index (χ0n) is 7.48. The fourth-order valence-corrected chi connectivity index (χ4v) is 1.32. The lowest BCUT2D eigenvalue weighted by Gasteiger charge is -2.02. The molecule has 11 heavy (non-hydrogen) atoms. The van der Waals surface area contributed by atoms with E-state index in [0.717, 1.165) is 6.42 Å². The van der Waals surface area contributed by atoms with E-state index in [9.17, 15) is 0 Å². The van der Waals surface area contributed by atoms with Gasteiger partial charge in [0.05, 0.1) is 0 Å². The SMILES string of the molecule is CC(C)C#CCC1CCCN1. The molecule has 0 saturated carbocycles. The fraction of sp³-hybridized carbons (Fsp3) is 0.800. The summed E-state index contributed by atoms with van der Waals surface area (Å²) < 4.78 is 0. The maximum Gasteiger partial charge on any atom is 0.0243 e. The minimum atomic E-state index is 0.524. The first-order chi connectivity index (χ1) is 5.29. The van der Waals surface area contributed by atoms with Gasteiger partial charge in [-0.1, -0.05) is 13.8 Å². The second-order valence-electron chi connectivity index (χ2n) is 3.47. The molecule has 1 heterocycles. The molecule has 0 aromatic heterocycles. The molecule has 1 unspecified atom stereocenters. The maximum absolute atomic E-state index is 3.43. The van der Waals surface area contributed by atoms with E-state index in [2.05, 4.69) is 31.0 Å². The monoisotopic (exact) mass is 151 g/mol.